The summed E-state index contributed by atoms with van der Waals surface area (Å²) >= 11 is 5.73. The highest BCUT2D eigenvalue weighted by molar-refractivity contribution is 6.33. The van der Waals surface area contributed by atoms with E-state index in [0.717, 1.165) is 13.0 Å². The van der Waals surface area contributed by atoms with Gasteiger partial charge in [-0.15, -0.1) is 0 Å². The molecule has 0 fully saturated rings. The Morgan fingerprint density at radius 1 is 1.56 bits per heavy atom. The molecule has 1 aromatic carbocycles. The maximum Gasteiger partial charge on any atom is 0.322 e. The normalized spacial score (nSPS) is 11.2. The molecule has 0 saturated carbocycles. The third kappa shape index (κ3) is 3.34. The number of carbonyl (C=O) groups is 1. The quantitative estimate of drug-likeness (QED) is 0.863. The van der Waals surface area contributed by atoms with Gasteiger partial charge in [0.1, 0.15) is 6.54 Å². The monoisotopic (exact) mass is 249 g/mol. The summed E-state index contributed by atoms with van der Waals surface area (Å²) in [7, 11) is 0. The second-order valence-electron chi connectivity index (χ2n) is 3.33. The molecule has 88 valence electrons. The van der Waals surface area contributed by atoms with Crippen molar-refractivity contribution in [2.24, 2.45) is 0 Å². The highest BCUT2D eigenvalue weighted by Gasteiger charge is 2.24. The second kappa shape index (κ2) is 4.65. The van der Waals surface area contributed by atoms with Crippen LogP contribution in [0.15, 0.2) is 18.2 Å². The van der Waals surface area contributed by atoms with Crippen molar-refractivity contribution in [3.8, 4) is 0 Å². The van der Waals surface area contributed by atoms with E-state index in [4.69, 9.17) is 16.7 Å². The predicted molar refractivity (Wildman–Crippen MR) is 57.1 cm³/mol. The maximum absolute atomic E-state index is 12.9. The Labute approximate surface area is 96.0 Å². The Morgan fingerprint density at radius 2 is 2.19 bits per heavy atom. The summed E-state index contributed by atoms with van der Waals surface area (Å²) in [5.74, 6) is -4.02. The fraction of sp³-hybridized carbons (Fsp3) is 0.300. The van der Waals surface area contributed by atoms with Gasteiger partial charge in [-0.25, -0.2) is 8.78 Å². The lowest BCUT2D eigenvalue weighted by atomic mass is 10.1. The highest BCUT2D eigenvalue weighted by Crippen LogP contribution is 2.32. The van der Waals surface area contributed by atoms with Crippen molar-refractivity contribution >= 4 is 23.3 Å². The third-order valence-corrected chi connectivity index (χ3v) is 2.22. The van der Waals surface area contributed by atoms with Gasteiger partial charge >= 0.3 is 5.97 Å². The fourth-order valence-electron chi connectivity index (χ4n) is 1.10. The minimum absolute atomic E-state index is 0.0697. The van der Waals surface area contributed by atoms with Crippen LogP contribution >= 0.6 is 11.6 Å². The molecule has 16 heavy (non-hydrogen) atoms. The van der Waals surface area contributed by atoms with E-state index in [1.165, 1.54) is 12.1 Å². The van der Waals surface area contributed by atoms with Crippen molar-refractivity contribution in [1.29, 1.82) is 0 Å². The van der Waals surface area contributed by atoms with E-state index in [0.29, 0.717) is 5.69 Å². The number of anilines is 1. The van der Waals surface area contributed by atoms with E-state index in [2.05, 4.69) is 5.32 Å². The molecular formula is C10H10ClF2NO2. The minimum Gasteiger partial charge on any atom is -0.480 e. The molecule has 0 aliphatic rings. The third-order valence-electron chi connectivity index (χ3n) is 1.91. The molecule has 1 aromatic rings. The van der Waals surface area contributed by atoms with E-state index < -0.39 is 11.9 Å². The number of hydrogen-bond acceptors (Lipinski definition) is 2. The van der Waals surface area contributed by atoms with Crippen molar-refractivity contribution in [3.05, 3.63) is 28.8 Å². The number of hydrogen-bond donors (Lipinski definition) is 2. The van der Waals surface area contributed by atoms with Crippen molar-refractivity contribution in [2.45, 2.75) is 12.8 Å². The lowest BCUT2D eigenvalue weighted by molar-refractivity contribution is -0.134. The van der Waals surface area contributed by atoms with Gasteiger partial charge in [-0.2, -0.15) is 0 Å². The maximum atomic E-state index is 12.9. The van der Waals surface area contributed by atoms with Gasteiger partial charge in [0.05, 0.1) is 10.7 Å². The molecule has 0 unspecified atom stereocenters. The Balaban J connectivity index is 2.88. The van der Waals surface area contributed by atoms with E-state index in [9.17, 15) is 13.6 Å². The fourth-order valence-corrected chi connectivity index (χ4v) is 1.35. The number of carboxylic acids is 1. The van der Waals surface area contributed by atoms with E-state index >= 15 is 0 Å². The van der Waals surface area contributed by atoms with E-state index in [1.807, 2.05) is 0 Å². The van der Waals surface area contributed by atoms with Crippen molar-refractivity contribution < 1.29 is 18.7 Å². The smallest absolute Gasteiger partial charge is 0.322 e. The standard InChI is InChI=1S/C10H10ClF2NO2/c1-10(12,13)6-2-3-8(7(11)4-6)14-5-9(15)16/h2-4,14H,5H2,1H3,(H,15,16). The number of benzene rings is 1. The summed E-state index contributed by atoms with van der Waals surface area (Å²) in [5, 5.41) is 11.0. The summed E-state index contributed by atoms with van der Waals surface area (Å²) in [5.41, 5.74) is 0.107. The summed E-state index contributed by atoms with van der Waals surface area (Å²) in [6.45, 7) is 0.449. The Morgan fingerprint density at radius 3 is 2.62 bits per heavy atom. The zero-order valence-electron chi connectivity index (χ0n) is 8.43. The van der Waals surface area contributed by atoms with Crippen LogP contribution in [-0.4, -0.2) is 17.6 Å². The van der Waals surface area contributed by atoms with Crippen LogP contribution in [0.3, 0.4) is 0 Å². The van der Waals surface area contributed by atoms with Gasteiger partial charge in [0.15, 0.2) is 0 Å². The average molecular weight is 250 g/mol. The summed E-state index contributed by atoms with van der Waals surface area (Å²) in [6, 6.07) is 3.65. The van der Waals surface area contributed by atoms with Gasteiger partial charge in [-0.05, 0) is 12.1 Å². The van der Waals surface area contributed by atoms with Gasteiger partial charge in [0.25, 0.3) is 5.92 Å². The van der Waals surface area contributed by atoms with E-state index in [1.54, 1.807) is 0 Å². The van der Waals surface area contributed by atoms with Crippen LogP contribution in [-0.2, 0) is 10.7 Å². The number of rotatable bonds is 4. The molecule has 3 nitrogen and oxygen atoms in total. The SMILES string of the molecule is CC(F)(F)c1ccc(NCC(=O)O)c(Cl)c1. The molecule has 0 heterocycles. The molecule has 1 rings (SSSR count). The molecular weight excluding hydrogens is 240 g/mol. The molecule has 0 aliphatic carbocycles. The lowest BCUT2D eigenvalue weighted by Crippen LogP contribution is -2.13. The number of halogens is 3. The number of carboxylic acid groups (broad SMARTS) is 1. The molecule has 6 heteroatoms. The number of aliphatic carboxylic acids is 1. The number of alkyl halides is 2. The molecule has 0 amide bonds. The van der Waals surface area contributed by atoms with Crippen molar-refractivity contribution in [3.63, 3.8) is 0 Å². The van der Waals surface area contributed by atoms with Crippen LogP contribution < -0.4 is 5.32 Å². The Hall–Kier alpha value is -1.36. The van der Waals surface area contributed by atoms with Crippen LogP contribution in [0.5, 0.6) is 0 Å². The zero-order valence-corrected chi connectivity index (χ0v) is 9.18. The molecule has 0 aliphatic heterocycles. The topological polar surface area (TPSA) is 49.3 Å². The molecule has 0 aromatic heterocycles. The van der Waals surface area contributed by atoms with Crippen LogP contribution in [0.1, 0.15) is 12.5 Å². The highest BCUT2D eigenvalue weighted by atomic mass is 35.5. The Bertz CT molecular complexity index is 404. The number of nitrogens with one attached hydrogen (secondary N) is 1. The first-order chi connectivity index (χ1) is 7.30. The van der Waals surface area contributed by atoms with Gasteiger partial charge < -0.3 is 10.4 Å². The summed E-state index contributed by atoms with van der Waals surface area (Å²) < 4.78 is 25.8. The first kappa shape index (κ1) is 12.7. The predicted octanol–water partition coefficient (Wildman–Crippen LogP) is 2.95. The second-order valence-corrected chi connectivity index (χ2v) is 3.74. The van der Waals surface area contributed by atoms with Gasteiger partial charge in [0.2, 0.25) is 0 Å². The lowest BCUT2D eigenvalue weighted by Gasteiger charge is -2.13. The largest absolute Gasteiger partial charge is 0.480 e. The van der Waals surface area contributed by atoms with E-state index in [-0.39, 0.29) is 17.1 Å². The average Bonchev–Trinajstić information content (AvgIpc) is 2.14. The zero-order chi connectivity index (χ0) is 12.3. The van der Waals surface area contributed by atoms with Crippen LogP contribution in [0.4, 0.5) is 14.5 Å². The van der Waals surface area contributed by atoms with Gasteiger partial charge in [-0.1, -0.05) is 17.7 Å². The minimum atomic E-state index is -2.96. The van der Waals surface area contributed by atoms with Gasteiger partial charge in [0, 0.05) is 12.5 Å². The molecule has 0 radical (unpaired) electrons. The van der Waals surface area contributed by atoms with Gasteiger partial charge in [-0.3, -0.25) is 4.79 Å². The Kier molecular flexibility index (Phi) is 3.70. The van der Waals surface area contributed by atoms with Crippen LogP contribution in [0.25, 0.3) is 0 Å². The first-order valence-corrected chi connectivity index (χ1v) is 4.82. The van der Waals surface area contributed by atoms with Crippen LogP contribution in [0.2, 0.25) is 5.02 Å². The molecule has 2 N–H and O–H groups in total. The van der Waals surface area contributed by atoms with Crippen molar-refractivity contribution in [1.82, 2.24) is 0 Å². The molecule has 0 atom stereocenters. The molecule has 0 bridgehead atoms. The molecule has 0 saturated heterocycles. The van der Waals surface area contributed by atoms with Crippen molar-refractivity contribution in [2.75, 3.05) is 11.9 Å². The molecule has 0 spiro atoms. The van der Waals surface area contributed by atoms with Crippen LogP contribution in [0, 0.1) is 0 Å². The summed E-state index contributed by atoms with van der Waals surface area (Å²) in [4.78, 5) is 10.3. The first-order valence-electron chi connectivity index (χ1n) is 4.44. The summed E-state index contributed by atoms with van der Waals surface area (Å²) in [6.07, 6.45) is 0.